The molecule has 1 heterocycles. The average Bonchev–Trinajstić information content (AvgIpc) is 3.10. The lowest BCUT2D eigenvalue weighted by molar-refractivity contribution is -0.137. The third-order valence-corrected chi connectivity index (χ3v) is 3.89. The zero-order valence-electron chi connectivity index (χ0n) is 14.3. The molecule has 0 fully saturated rings. The van der Waals surface area contributed by atoms with Gasteiger partial charge in [-0.1, -0.05) is 0 Å². The number of amides is 1. The van der Waals surface area contributed by atoms with Gasteiger partial charge in [-0.3, -0.25) is 4.79 Å². The number of alkyl halides is 3. The predicted molar refractivity (Wildman–Crippen MR) is 91.0 cm³/mol. The van der Waals surface area contributed by atoms with Crippen molar-refractivity contribution in [1.82, 2.24) is 15.1 Å². The van der Waals surface area contributed by atoms with Crippen LogP contribution in [0.15, 0.2) is 54.7 Å². The van der Waals surface area contributed by atoms with Gasteiger partial charge in [-0.25, -0.2) is 13.5 Å². The van der Waals surface area contributed by atoms with Crippen molar-refractivity contribution in [3.63, 3.8) is 0 Å². The summed E-state index contributed by atoms with van der Waals surface area (Å²) in [6, 6.07) is 9.07. The maximum Gasteiger partial charge on any atom is 0.416 e. The molecule has 0 bridgehead atoms. The van der Waals surface area contributed by atoms with Gasteiger partial charge in [-0.15, -0.1) is 0 Å². The molecule has 3 aromatic rings. The van der Waals surface area contributed by atoms with E-state index in [0.717, 1.165) is 6.07 Å². The molecule has 1 amide bonds. The quantitative estimate of drug-likeness (QED) is 0.660. The molecule has 0 saturated heterocycles. The molecule has 3 rings (SSSR count). The van der Waals surface area contributed by atoms with Crippen molar-refractivity contribution in [1.29, 1.82) is 0 Å². The van der Waals surface area contributed by atoms with E-state index in [2.05, 4.69) is 10.4 Å². The fourth-order valence-corrected chi connectivity index (χ4v) is 2.52. The summed E-state index contributed by atoms with van der Waals surface area (Å²) in [6.45, 7) is 0.0944. The number of aromatic nitrogens is 2. The minimum absolute atomic E-state index is 0.0944. The Hall–Kier alpha value is -3.23. The molecule has 0 aliphatic rings. The number of hydrogen-bond acceptors (Lipinski definition) is 2. The molecule has 0 saturated carbocycles. The maximum absolute atomic E-state index is 13.4. The molecule has 1 aromatic heterocycles. The van der Waals surface area contributed by atoms with E-state index >= 15 is 0 Å². The normalized spacial score (nSPS) is 11.5. The average molecular weight is 395 g/mol. The number of halogens is 5. The summed E-state index contributed by atoms with van der Waals surface area (Å²) in [5, 5.41) is 6.71. The monoisotopic (exact) mass is 395 g/mol. The van der Waals surface area contributed by atoms with Crippen LogP contribution < -0.4 is 5.32 Å². The first-order chi connectivity index (χ1) is 13.2. The topological polar surface area (TPSA) is 46.9 Å². The second-order valence-corrected chi connectivity index (χ2v) is 5.96. The molecule has 0 atom stereocenters. The van der Waals surface area contributed by atoms with Gasteiger partial charge in [0, 0.05) is 24.7 Å². The van der Waals surface area contributed by atoms with Crippen LogP contribution in [0.2, 0.25) is 0 Å². The molecule has 1 N–H and O–H groups in total. The highest BCUT2D eigenvalue weighted by atomic mass is 19.4. The Kier molecular flexibility index (Phi) is 5.43. The molecule has 0 aliphatic heterocycles. The van der Waals surface area contributed by atoms with E-state index < -0.39 is 29.0 Å². The van der Waals surface area contributed by atoms with E-state index in [1.807, 2.05) is 0 Å². The number of nitrogens with one attached hydrogen (secondary N) is 1. The fourth-order valence-electron chi connectivity index (χ4n) is 2.52. The summed E-state index contributed by atoms with van der Waals surface area (Å²) >= 11 is 0. The first-order valence-corrected chi connectivity index (χ1v) is 8.19. The van der Waals surface area contributed by atoms with Crippen LogP contribution in [0.5, 0.6) is 0 Å². The van der Waals surface area contributed by atoms with Gasteiger partial charge in [0.15, 0.2) is 0 Å². The van der Waals surface area contributed by atoms with Crippen molar-refractivity contribution in [2.24, 2.45) is 0 Å². The number of hydrogen-bond donors (Lipinski definition) is 1. The van der Waals surface area contributed by atoms with Crippen molar-refractivity contribution in [2.75, 3.05) is 6.54 Å². The zero-order chi connectivity index (χ0) is 20.3. The van der Waals surface area contributed by atoms with Gasteiger partial charge >= 0.3 is 6.18 Å². The van der Waals surface area contributed by atoms with Crippen molar-refractivity contribution >= 4 is 5.91 Å². The smallest absolute Gasteiger partial charge is 0.352 e. The van der Waals surface area contributed by atoms with Crippen molar-refractivity contribution in [3.8, 4) is 5.69 Å². The summed E-state index contributed by atoms with van der Waals surface area (Å²) in [5.74, 6) is -2.33. The number of carbonyl (C=O) groups excluding carboxylic acids is 1. The SMILES string of the molecule is O=C(NCCc1ccn(-c2ccc(F)cc2)n1)c1cc(F)cc(C(F)(F)F)c1. The van der Waals surface area contributed by atoms with Crippen LogP contribution in [-0.2, 0) is 12.6 Å². The molecule has 0 spiro atoms. The van der Waals surface area contributed by atoms with Crippen molar-refractivity contribution in [2.45, 2.75) is 12.6 Å². The molecule has 9 heteroatoms. The molecule has 28 heavy (non-hydrogen) atoms. The standard InChI is InChI=1S/C19H14F5N3O/c20-14-1-3-17(4-2-14)27-8-6-16(26-27)5-7-25-18(28)12-9-13(19(22,23)24)11-15(21)10-12/h1-4,6,8-11H,5,7H2,(H,25,28). The highest BCUT2D eigenvalue weighted by Crippen LogP contribution is 2.30. The van der Waals surface area contributed by atoms with Gasteiger partial charge in [0.2, 0.25) is 0 Å². The third kappa shape index (κ3) is 4.73. The summed E-state index contributed by atoms with van der Waals surface area (Å²) in [5.41, 5.74) is -0.379. The molecule has 2 aromatic carbocycles. The van der Waals surface area contributed by atoms with Gasteiger partial charge < -0.3 is 5.32 Å². The fraction of sp³-hybridized carbons (Fsp3) is 0.158. The summed E-state index contributed by atoms with van der Waals surface area (Å²) in [4.78, 5) is 12.0. The molecule has 146 valence electrons. The summed E-state index contributed by atoms with van der Waals surface area (Å²) < 4.78 is 66.0. The Labute approximate surface area is 156 Å². The van der Waals surface area contributed by atoms with E-state index in [0.29, 0.717) is 29.9 Å². The van der Waals surface area contributed by atoms with Crippen LogP contribution in [-0.4, -0.2) is 22.2 Å². The minimum atomic E-state index is -4.75. The van der Waals surface area contributed by atoms with Crippen LogP contribution in [0, 0.1) is 11.6 Å². The van der Waals surface area contributed by atoms with Gasteiger partial charge in [-0.05, 0) is 48.5 Å². The Morgan fingerprint density at radius 1 is 1.00 bits per heavy atom. The van der Waals surface area contributed by atoms with Crippen molar-refractivity contribution < 1.29 is 26.7 Å². The molecular formula is C19H14F5N3O. The highest BCUT2D eigenvalue weighted by Gasteiger charge is 2.31. The van der Waals surface area contributed by atoms with Crippen LogP contribution in [0.4, 0.5) is 22.0 Å². The first-order valence-electron chi connectivity index (χ1n) is 8.19. The van der Waals surface area contributed by atoms with E-state index in [4.69, 9.17) is 0 Å². The molecule has 0 unspecified atom stereocenters. The van der Waals surface area contributed by atoms with Crippen molar-refractivity contribution in [3.05, 3.63) is 83.2 Å². The molecule has 0 aliphatic carbocycles. The van der Waals surface area contributed by atoms with Gasteiger partial charge in [0.1, 0.15) is 11.6 Å². The van der Waals surface area contributed by atoms with E-state index in [-0.39, 0.29) is 12.4 Å². The number of benzene rings is 2. The maximum atomic E-state index is 13.4. The number of rotatable bonds is 5. The Bertz CT molecular complexity index is 980. The largest absolute Gasteiger partial charge is 0.416 e. The van der Waals surface area contributed by atoms with Crippen LogP contribution in [0.25, 0.3) is 5.69 Å². The van der Waals surface area contributed by atoms with Crippen LogP contribution >= 0.6 is 0 Å². The van der Waals surface area contributed by atoms with Crippen LogP contribution in [0.3, 0.4) is 0 Å². The number of carbonyl (C=O) groups is 1. The van der Waals surface area contributed by atoms with Gasteiger partial charge in [-0.2, -0.15) is 18.3 Å². The van der Waals surface area contributed by atoms with E-state index in [1.54, 1.807) is 24.4 Å². The Morgan fingerprint density at radius 2 is 1.71 bits per heavy atom. The number of nitrogens with zero attached hydrogens (tertiary/aromatic N) is 2. The lowest BCUT2D eigenvalue weighted by Crippen LogP contribution is -2.26. The highest BCUT2D eigenvalue weighted by molar-refractivity contribution is 5.94. The Balaban J connectivity index is 1.60. The second-order valence-electron chi connectivity index (χ2n) is 5.96. The zero-order valence-corrected chi connectivity index (χ0v) is 14.3. The van der Waals surface area contributed by atoms with E-state index in [1.165, 1.54) is 16.8 Å². The summed E-state index contributed by atoms with van der Waals surface area (Å²) in [7, 11) is 0. The van der Waals surface area contributed by atoms with Gasteiger partial charge in [0.25, 0.3) is 5.91 Å². The third-order valence-electron chi connectivity index (χ3n) is 3.89. The predicted octanol–water partition coefficient (Wildman–Crippen LogP) is 4.14. The lowest BCUT2D eigenvalue weighted by Gasteiger charge is -2.09. The lowest BCUT2D eigenvalue weighted by atomic mass is 10.1. The molecular weight excluding hydrogens is 381 g/mol. The second kappa shape index (κ2) is 7.79. The molecule has 4 nitrogen and oxygen atoms in total. The summed E-state index contributed by atoms with van der Waals surface area (Å²) in [6.07, 6.45) is -2.78. The van der Waals surface area contributed by atoms with Gasteiger partial charge in [0.05, 0.1) is 16.9 Å². The molecule has 0 radical (unpaired) electrons. The Morgan fingerprint density at radius 3 is 2.39 bits per heavy atom. The van der Waals surface area contributed by atoms with E-state index in [9.17, 15) is 26.7 Å². The first kappa shape index (κ1) is 19.5. The van der Waals surface area contributed by atoms with Crippen LogP contribution in [0.1, 0.15) is 21.6 Å². The minimum Gasteiger partial charge on any atom is -0.352 e.